The topological polar surface area (TPSA) is 76.4 Å². The summed E-state index contributed by atoms with van der Waals surface area (Å²) in [5.74, 6) is -0.443. The van der Waals surface area contributed by atoms with E-state index in [0.717, 1.165) is 25.9 Å². The van der Waals surface area contributed by atoms with E-state index in [1.165, 1.54) is 0 Å². The van der Waals surface area contributed by atoms with Crippen molar-refractivity contribution in [3.05, 3.63) is 29.8 Å². The maximum absolute atomic E-state index is 12.3. The first-order chi connectivity index (χ1) is 10.6. The molecule has 1 aliphatic rings. The van der Waals surface area contributed by atoms with Gasteiger partial charge < -0.3 is 10.4 Å². The van der Waals surface area contributed by atoms with Gasteiger partial charge in [-0.3, -0.25) is 9.69 Å². The normalized spacial score (nSPS) is 21.3. The van der Waals surface area contributed by atoms with Gasteiger partial charge in [-0.2, -0.15) is 5.26 Å². The lowest BCUT2D eigenvalue weighted by molar-refractivity contribution is -0.135. The minimum absolute atomic E-state index is 0.0896. The lowest BCUT2D eigenvalue weighted by Gasteiger charge is -2.31. The van der Waals surface area contributed by atoms with Crippen molar-refractivity contribution in [1.29, 1.82) is 5.26 Å². The second kappa shape index (κ2) is 6.91. The zero-order valence-corrected chi connectivity index (χ0v) is 13.2. The predicted molar refractivity (Wildman–Crippen MR) is 85.1 cm³/mol. The highest BCUT2D eigenvalue weighted by Gasteiger charge is 2.47. The number of aliphatic hydroxyl groups is 1. The van der Waals surface area contributed by atoms with Gasteiger partial charge in [-0.15, -0.1) is 0 Å². The molecule has 118 valence electrons. The van der Waals surface area contributed by atoms with Crippen molar-refractivity contribution in [2.45, 2.75) is 44.8 Å². The Labute approximate surface area is 131 Å². The van der Waals surface area contributed by atoms with E-state index in [4.69, 9.17) is 0 Å². The molecular formula is C17H23N3O2. The van der Waals surface area contributed by atoms with E-state index < -0.39 is 17.6 Å². The molecule has 2 atom stereocenters. The fourth-order valence-corrected chi connectivity index (χ4v) is 3.04. The van der Waals surface area contributed by atoms with Crippen molar-refractivity contribution in [1.82, 2.24) is 4.90 Å². The number of fused-ring (bicyclic) bond motifs is 1. The smallest absolute Gasteiger partial charge is 0.261 e. The summed E-state index contributed by atoms with van der Waals surface area (Å²) in [5, 5.41) is 23.1. The number of benzene rings is 1. The summed E-state index contributed by atoms with van der Waals surface area (Å²) >= 11 is 0. The second-order valence-electron chi connectivity index (χ2n) is 5.74. The van der Waals surface area contributed by atoms with Gasteiger partial charge >= 0.3 is 0 Å². The van der Waals surface area contributed by atoms with Crippen LogP contribution in [0.25, 0.3) is 0 Å². The number of hydrogen-bond donors (Lipinski definition) is 2. The van der Waals surface area contributed by atoms with Gasteiger partial charge in [0.2, 0.25) is 0 Å². The first kappa shape index (κ1) is 16.5. The highest BCUT2D eigenvalue weighted by molar-refractivity contribution is 6.04. The van der Waals surface area contributed by atoms with E-state index in [9.17, 15) is 15.2 Å². The fraction of sp³-hybridized carbons (Fsp3) is 0.529. The van der Waals surface area contributed by atoms with Gasteiger partial charge in [0.05, 0.1) is 6.07 Å². The molecule has 0 fully saturated rings. The average Bonchev–Trinajstić information content (AvgIpc) is 2.77. The van der Waals surface area contributed by atoms with E-state index in [1.807, 2.05) is 11.0 Å². The zero-order chi connectivity index (χ0) is 16.2. The fourth-order valence-electron chi connectivity index (χ4n) is 3.04. The van der Waals surface area contributed by atoms with Gasteiger partial charge in [0.15, 0.2) is 5.60 Å². The van der Waals surface area contributed by atoms with Gasteiger partial charge in [0.25, 0.3) is 5.91 Å². The molecular weight excluding hydrogens is 278 g/mol. The molecule has 5 heteroatoms. The number of carbonyl (C=O) groups excluding carboxylic acids is 1. The molecule has 0 radical (unpaired) electrons. The molecule has 0 spiro atoms. The third-order valence-corrected chi connectivity index (χ3v) is 4.10. The van der Waals surface area contributed by atoms with Crippen molar-refractivity contribution in [2.24, 2.45) is 0 Å². The first-order valence-electron chi connectivity index (χ1n) is 7.83. The van der Waals surface area contributed by atoms with E-state index in [0.29, 0.717) is 11.3 Å². The third kappa shape index (κ3) is 2.99. The Morgan fingerprint density at radius 3 is 2.55 bits per heavy atom. The zero-order valence-electron chi connectivity index (χ0n) is 13.2. The molecule has 1 heterocycles. The monoisotopic (exact) mass is 301 g/mol. The van der Waals surface area contributed by atoms with E-state index >= 15 is 0 Å². The number of nitriles is 1. The van der Waals surface area contributed by atoms with E-state index in [-0.39, 0.29) is 6.42 Å². The van der Waals surface area contributed by atoms with Gasteiger partial charge in [-0.05, 0) is 32.0 Å². The minimum atomic E-state index is -1.63. The number of nitrogens with zero attached hydrogens (tertiary/aromatic N) is 2. The van der Waals surface area contributed by atoms with Gasteiger partial charge in [-0.25, -0.2) is 0 Å². The largest absolute Gasteiger partial charge is 0.375 e. The molecule has 1 aromatic rings. The molecule has 2 rings (SSSR count). The molecule has 5 nitrogen and oxygen atoms in total. The molecule has 0 saturated carbocycles. The molecule has 22 heavy (non-hydrogen) atoms. The summed E-state index contributed by atoms with van der Waals surface area (Å²) in [4.78, 5) is 14.3. The molecule has 2 N–H and O–H groups in total. The Morgan fingerprint density at radius 1 is 1.32 bits per heavy atom. The molecule has 2 unspecified atom stereocenters. The first-order valence-corrected chi connectivity index (χ1v) is 7.83. The lowest BCUT2D eigenvalue weighted by Crippen LogP contribution is -2.44. The van der Waals surface area contributed by atoms with Crippen LogP contribution in [0, 0.1) is 11.3 Å². The number of anilines is 1. The van der Waals surface area contributed by atoms with Crippen LogP contribution in [0.4, 0.5) is 5.69 Å². The van der Waals surface area contributed by atoms with Crippen molar-refractivity contribution in [3.8, 4) is 6.07 Å². The van der Waals surface area contributed by atoms with Crippen LogP contribution in [0.1, 0.15) is 38.7 Å². The van der Waals surface area contributed by atoms with Crippen LogP contribution in [-0.2, 0) is 10.4 Å². The Hall–Kier alpha value is -1.90. The number of amides is 1. The summed E-state index contributed by atoms with van der Waals surface area (Å²) in [6, 6.07) is 8.89. The van der Waals surface area contributed by atoms with Crippen LogP contribution >= 0.6 is 0 Å². The number of nitrogens with one attached hydrogen (secondary N) is 1. The van der Waals surface area contributed by atoms with Crippen LogP contribution in [0.3, 0.4) is 0 Å². The molecule has 0 bridgehead atoms. The van der Waals surface area contributed by atoms with E-state index in [1.54, 1.807) is 18.2 Å². The van der Waals surface area contributed by atoms with Gasteiger partial charge in [0.1, 0.15) is 6.04 Å². The number of carbonyl (C=O) groups is 1. The SMILES string of the molecule is CCCN(CCC)C(C#N)CC1(O)C(=O)Nc2ccccc21. The maximum Gasteiger partial charge on any atom is 0.261 e. The molecule has 1 aliphatic heterocycles. The summed E-state index contributed by atoms with van der Waals surface area (Å²) in [5.41, 5.74) is -0.436. The van der Waals surface area contributed by atoms with Crippen molar-refractivity contribution in [3.63, 3.8) is 0 Å². The Kier molecular flexibility index (Phi) is 5.17. The molecule has 0 aliphatic carbocycles. The second-order valence-corrected chi connectivity index (χ2v) is 5.74. The number of rotatable bonds is 7. The molecule has 0 aromatic heterocycles. The highest BCUT2D eigenvalue weighted by Crippen LogP contribution is 2.39. The van der Waals surface area contributed by atoms with Crippen LogP contribution in [0.5, 0.6) is 0 Å². The summed E-state index contributed by atoms with van der Waals surface area (Å²) in [6.45, 7) is 5.68. The quantitative estimate of drug-likeness (QED) is 0.809. The lowest BCUT2D eigenvalue weighted by atomic mass is 9.88. The van der Waals surface area contributed by atoms with Crippen molar-refractivity contribution < 1.29 is 9.90 Å². The summed E-state index contributed by atoms with van der Waals surface area (Å²) in [6.07, 6.45) is 1.95. The maximum atomic E-state index is 12.3. The van der Waals surface area contributed by atoms with Crippen LogP contribution < -0.4 is 5.32 Å². The minimum Gasteiger partial charge on any atom is -0.375 e. The summed E-state index contributed by atoms with van der Waals surface area (Å²) < 4.78 is 0. The summed E-state index contributed by atoms with van der Waals surface area (Å²) in [7, 11) is 0. The molecule has 1 amide bonds. The van der Waals surface area contributed by atoms with Crippen molar-refractivity contribution >= 4 is 11.6 Å². The van der Waals surface area contributed by atoms with Crippen molar-refractivity contribution in [2.75, 3.05) is 18.4 Å². The Morgan fingerprint density at radius 2 is 1.95 bits per heavy atom. The van der Waals surface area contributed by atoms with Crippen LogP contribution in [0.15, 0.2) is 24.3 Å². The number of hydrogen-bond acceptors (Lipinski definition) is 4. The van der Waals surface area contributed by atoms with Gasteiger partial charge in [-0.1, -0.05) is 32.0 Å². The highest BCUT2D eigenvalue weighted by atomic mass is 16.3. The van der Waals surface area contributed by atoms with Gasteiger partial charge in [0, 0.05) is 17.7 Å². The Balaban J connectivity index is 2.26. The molecule has 1 aromatic carbocycles. The molecule has 0 saturated heterocycles. The average molecular weight is 301 g/mol. The van der Waals surface area contributed by atoms with E-state index in [2.05, 4.69) is 25.2 Å². The standard InChI is InChI=1S/C17H23N3O2/c1-3-9-20(10-4-2)13(12-18)11-17(22)14-7-5-6-8-15(14)19-16(17)21/h5-8,13,22H,3-4,9-11H2,1-2H3,(H,19,21). The predicted octanol–water partition coefficient (Wildman–Crippen LogP) is 2.23. The van der Waals surface area contributed by atoms with Crippen LogP contribution in [0.2, 0.25) is 0 Å². The third-order valence-electron chi connectivity index (χ3n) is 4.10. The number of para-hydroxylation sites is 1. The van der Waals surface area contributed by atoms with Crippen LogP contribution in [-0.4, -0.2) is 35.0 Å². The Bertz CT molecular complexity index is 576.